The smallest absolute Gasteiger partial charge is 0.129 e. The summed E-state index contributed by atoms with van der Waals surface area (Å²) in [5.41, 5.74) is 1.32. The number of hydrogen-bond acceptors (Lipinski definition) is 2. The average Bonchev–Trinajstić information content (AvgIpc) is 2.95. The van der Waals surface area contributed by atoms with Gasteiger partial charge in [0.15, 0.2) is 0 Å². The van der Waals surface area contributed by atoms with Gasteiger partial charge in [0.25, 0.3) is 0 Å². The van der Waals surface area contributed by atoms with Crippen LogP contribution in [0.3, 0.4) is 0 Å². The van der Waals surface area contributed by atoms with Crippen molar-refractivity contribution >= 4 is 5.78 Å². The molecule has 3 aliphatic carbocycles. The van der Waals surface area contributed by atoms with E-state index in [2.05, 4.69) is 26.8 Å². The quantitative estimate of drug-likeness (QED) is 0.543. The van der Waals surface area contributed by atoms with Crippen LogP contribution in [0.15, 0.2) is 11.6 Å². The lowest BCUT2D eigenvalue weighted by molar-refractivity contribution is -0.117. The lowest BCUT2D eigenvalue weighted by Crippen LogP contribution is -2.43. The molecule has 0 aromatic rings. The lowest BCUT2D eigenvalue weighted by atomic mass is 9.55. The van der Waals surface area contributed by atoms with Gasteiger partial charge in [-0.1, -0.05) is 38.3 Å². The summed E-state index contributed by atoms with van der Waals surface area (Å²) in [5.74, 6) is 4.31. The lowest BCUT2D eigenvalue weighted by Gasteiger charge is -2.50. The van der Waals surface area contributed by atoms with Crippen LogP contribution < -0.4 is 0 Å². The third-order valence-corrected chi connectivity index (χ3v) is 8.99. The summed E-state index contributed by atoms with van der Waals surface area (Å²) in [4.78, 5) is 11.5. The van der Waals surface area contributed by atoms with Crippen LogP contribution in [0.4, 0.5) is 0 Å². The minimum atomic E-state index is -0.527. The molecule has 1 N–H and O–H groups in total. The standard InChI is InChI=1S/C26H44O2/c1-18-8-11-22-21(7-6-15-25(4,28)17-18)14-16-26(5)23(12-13-24(22)26)19(2)9-10-20(3)27/h8,19,21-24,28H,6-7,9-17H2,1-5H3/b18-8+/t19-,21+,22-,23-,24+,25+,26-/m1/s1. The summed E-state index contributed by atoms with van der Waals surface area (Å²) in [7, 11) is 0. The highest BCUT2D eigenvalue weighted by Crippen LogP contribution is 2.62. The third-order valence-electron chi connectivity index (χ3n) is 8.99. The maximum absolute atomic E-state index is 11.5. The van der Waals surface area contributed by atoms with E-state index in [-0.39, 0.29) is 0 Å². The van der Waals surface area contributed by atoms with Crippen molar-refractivity contribution in [3.05, 3.63) is 11.6 Å². The Balaban J connectivity index is 1.77. The second kappa shape index (κ2) is 8.62. The highest BCUT2D eigenvalue weighted by Gasteiger charge is 2.54. The van der Waals surface area contributed by atoms with Gasteiger partial charge in [-0.25, -0.2) is 0 Å². The minimum Gasteiger partial charge on any atom is -0.390 e. The van der Waals surface area contributed by atoms with E-state index in [1.165, 1.54) is 50.5 Å². The zero-order chi connectivity index (χ0) is 20.5. The summed E-state index contributed by atoms with van der Waals surface area (Å²) in [5, 5.41) is 10.7. The molecular weight excluding hydrogens is 344 g/mol. The topological polar surface area (TPSA) is 37.3 Å². The average molecular weight is 389 g/mol. The molecule has 2 nitrogen and oxygen atoms in total. The van der Waals surface area contributed by atoms with E-state index in [9.17, 15) is 9.90 Å². The second-order valence-corrected chi connectivity index (χ2v) is 11.3. The van der Waals surface area contributed by atoms with Crippen molar-refractivity contribution in [3.63, 3.8) is 0 Å². The number of ketones is 1. The van der Waals surface area contributed by atoms with Crippen LogP contribution >= 0.6 is 0 Å². The highest BCUT2D eigenvalue weighted by atomic mass is 16.3. The van der Waals surface area contributed by atoms with Crippen molar-refractivity contribution in [2.45, 2.75) is 111 Å². The van der Waals surface area contributed by atoms with Gasteiger partial charge in [-0.2, -0.15) is 0 Å². The predicted molar refractivity (Wildman–Crippen MR) is 117 cm³/mol. The molecule has 0 aromatic heterocycles. The fraction of sp³-hybridized carbons (Fsp3) is 0.885. The molecule has 28 heavy (non-hydrogen) atoms. The van der Waals surface area contributed by atoms with Crippen LogP contribution in [-0.4, -0.2) is 16.5 Å². The second-order valence-electron chi connectivity index (χ2n) is 11.3. The van der Waals surface area contributed by atoms with E-state index < -0.39 is 5.60 Å². The number of Topliss-reactive ketones (excluding diaryl/α,β-unsaturated/α-hetero) is 1. The van der Waals surface area contributed by atoms with E-state index in [4.69, 9.17) is 0 Å². The first-order chi connectivity index (χ1) is 13.1. The molecule has 2 heteroatoms. The van der Waals surface area contributed by atoms with Gasteiger partial charge in [-0.3, -0.25) is 0 Å². The molecule has 2 fully saturated rings. The first-order valence-electron chi connectivity index (χ1n) is 12.0. The number of carbonyl (C=O) groups is 1. The van der Waals surface area contributed by atoms with Crippen LogP contribution in [0.25, 0.3) is 0 Å². The van der Waals surface area contributed by atoms with E-state index in [0.717, 1.165) is 49.4 Å². The molecule has 0 unspecified atom stereocenters. The Labute approximate surface area is 173 Å². The predicted octanol–water partition coefficient (Wildman–Crippen LogP) is 6.71. The van der Waals surface area contributed by atoms with Crippen molar-refractivity contribution in [3.8, 4) is 0 Å². The summed E-state index contributed by atoms with van der Waals surface area (Å²) in [6.07, 6.45) is 15.2. The number of fused-ring (bicyclic) bond motifs is 3. The Morgan fingerprint density at radius 1 is 1.21 bits per heavy atom. The van der Waals surface area contributed by atoms with Crippen LogP contribution in [0.1, 0.15) is 105 Å². The molecule has 160 valence electrons. The molecule has 0 spiro atoms. The molecule has 0 heterocycles. The zero-order valence-corrected chi connectivity index (χ0v) is 19.1. The fourth-order valence-electron chi connectivity index (χ4n) is 7.53. The van der Waals surface area contributed by atoms with Gasteiger partial charge in [0.2, 0.25) is 0 Å². The first-order valence-corrected chi connectivity index (χ1v) is 12.0. The Bertz CT molecular complexity index is 589. The van der Waals surface area contributed by atoms with Crippen LogP contribution in [0.5, 0.6) is 0 Å². The van der Waals surface area contributed by atoms with Crippen molar-refractivity contribution in [1.82, 2.24) is 0 Å². The molecule has 0 aliphatic heterocycles. The maximum Gasteiger partial charge on any atom is 0.129 e. The van der Waals surface area contributed by atoms with Gasteiger partial charge < -0.3 is 9.90 Å². The van der Waals surface area contributed by atoms with Gasteiger partial charge in [0.1, 0.15) is 5.78 Å². The van der Waals surface area contributed by atoms with Crippen LogP contribution in [-0.2, 0) is 4.79 Å². The highest BCUT2D eigenvalue weighted by molar-refractivity contribution is 5.75. The van der Waals surface area contributed by atoms with Crippen molar-refractivity contribution in [2.75, 3.05) is 0 Å². The van der Waals surface area contributed by atoms with Crippen LogP contribution in [0, 0.1) is 35.0 Å². The number of rotatable bonds is 4. The third kappa shape index (κ3) is 4.74. The Morgan fingerprint density at radius 3 is 2.68 bits per heavy atom. The van der Waals surface area contributed by atoms with Gasteiger partial charge in [-0.05, 0) is 107 Å². The first kappa shape index (κ1) is 22.1. The van der Waals surface area contributed by atoms with E-state index >= 15 is 0 Å². The minimum absolute atomic E-state index is 0.346. The number of carbonyl (C=O) groups excluding carboxylic acids is 1. The molecule has 3 rings (SSSR count). The van der Waals surface area contributed by atoms with Gasteiger partial charge in [0.05, 0.1) is 5.60 Å². The zero-order valence-electron chi connectivity index (χ0n) is 19.1. The van der Waals surface area contributed by atoms with Crippen molar-refractivity contribution < 1.29 is 9.90 Å². The van der Waals surface area contributed by atoms with E-state index in [0.29, 0.717) is 17.1 Å². The molecule has 0 bridgehead atoms. The Morgan fingerprint density at radius 2 is 1.96 bits per heavy atom. The molecule has 2 saturated carbocycles. The molecule has 0 amide bonds. The van der Waals surface area contributed by atoms with E-state index in [1.54, 1.807) is 6.92 Å². The van der Waals surface area contributed by atoms with Gasteiger partial charge in [-0.15, -0.1) is 0 Å². The molecule has 0 radical (unpaired) electrons. The SMILES string of the molecule is CC(=O)CC[C@@H](C)[C@H]1CC[C@H]2[C@@H]3C/C=C(\C)C[C@@](C)(O)CCC[C@H]3CC[C@]12C. The monoisotopic (exact) mass is 388 g/mol. The Kier molecular flexibility index (Phi) is 6.79. The largest absolute Gasteiger partial charge is 0.390 e. The van der Waals surface area contributed by atoms with Gasteiger partial charge in [0, 0.05) is 6.42 Å². The molecular formula is C26H44O2. The summed E-state index contributed by atoms with van der Waals surface area (Å²) in [6.45, 7) is 11.0. The number of hydrogen-bond donors (Lipinski definition) is 1. The van der Waals surface area contributed by atoms with Crippen LogP contribution in [0.2, 0.25) is 0 Å². The summed E-state index contributed by atoms with van der Waals surface area (Å²) in [6, 6.07) is 0. The Hall–Kier alpha value is -0.630. The molecule has 0 aromatic carbocycles. The molecule has 0 saturated heterocycles. The maximum atomic E-state index is 11.5. The fourth-order valence-corrected chi connectivity index (χ4v) is 7.53. The van der Waals surface area contributed by atoms with E-state index in [1.807, 2.05) is 6.92 Å². The number of allylic oxidation sites excluding steroid dienone is 1. The van der Waals surface area contributed by atoms with Gasteiger partial charge >= 0.3 is 0 Å². The normalized spacial score (nSPS) is 44.7. The number of aliphatic hydroxyl groups is 1. The summed E-state index contributed by atoms with van der Waals surface area (Å²) >= 11 is 0. The molecule has 7 atom stereocenters. The molecule has 3 aliphatic rings. The van der Waals surface area contributed by atoms with Crippen molar-refractivity contribution in [2.24, 2.45) is 35.0 Å². The van der Waals surface area contributed by atoms with Crippen molar-refractivity contribution in [1.29, 1.82) is 0 Å². The summed E-state index contributed by atoms with van der Waals surface area (Å²) < 4.78 is 0.